The van der Waals surface area contributed by atoms with E-state index in [1.807, 2.05) is 18.3 Å². The van der Waals surface area contributed by atoms with Crippen LogP contribution < -0.4 is 5.73 Å². The minimum absolute atomic E-state index is 0.360. The molecule has 0 bridgehead atoms. The first-order valence-electron chi connectivity index (χ1n) is 5.23. The molecule has 1 saturated heterocycles. The van der Waals surface area contributed by atoms with E-state index in [1.54, 1.807) is 0 Å². The topological polar surface area (TPSA) is 42.1 Å². The van der Waals surface area contributed by atoms with E-state index >= 15 is 0 Å². The number of nitrogens with zero attached hydrogens (tertiary/aromatic N) is 2. The smallest absolute Gasteiger partial charge is 0.0801 e. The molecule has 1 aromatic heterocycles. The summed E-state index contributed by atoms with van der Waals surface area (Å²) < 4.78 is 0. The highest BCUT2D eigenvalue weighted by Crippen LogP contribution is 2.26. The van der Waals surface area contributed by atoms with Crippen LogP contribution in [-0.4, -0.2) is 23.0 Å². The van der Waals surface area contributed by atoms with Gasteiger partial charge in [-0.2, -0.15) is 0 Å². The van der Waals surface area contributed by atoms with Crippen molar-refractivity contribution in [3.8, 4) is 0 Å². The first-order valence-corrected chi connectivity index (χ1v) is 5.23. The number of anilines is 1. The van der Waals surface area contributed by atoms with Gasteiger partial charge in [0.25, 0.3) is 0 Å². The van der Waals surface area contributed by atoms with Crippen molar-refractivity contribution in [3.63, 3.8) is 0 Å². The fourth-order valence-electron chi connectivity index (χ4n) is 2.08. The molecule has 1 aliphatic rings. The molecule has 2 heterocycles. The van der Waals surface area contributed by atoms with Crippen LogP contribution in [-0.2, 0) is 0 Å². The zero-order chi connectivity index (χ0) is 9.97. The predicted octanol–water partition coefficient (Wildman–Crippen LogP) is 1.82. The summed E-state index contributed by atoms with van der Waals surface area (Å²) in [6.07, 6.45) is 4.42. The Morgan fingerprint density at radius 2 is 2.14 bits per heavy atom. The SMILES string of the molecule is CC(c1ncccc1N)N1CCCC1. The second-order valence-electron chi connectivity index (χ2n) is 3.90. The third kappa shape index (κ3) is 1.73. The molecule has 3 nitrogen and oxygen atoms in total. The Bertz CT molecular complexity index is 305. The molecule has 2 rings (SSSR count). The van der Waals surface area contributed by atoms with E-state index < -0.39 is 0 Å². The molecule has 0 amide bonds. The Labute approximate surface area is 84.9 Å². The van der Waals surface area contributed by atoms with Crippen LogP contribution in [0.2, 0.25) is 0 Å². The molecule has 2 N–H and O–H groups in total. The molecule has 1 unspecified atom stereocenters. The lowest BCUT2D eigenvalue weighted by atomic mass is 10.1. The first kappa shape index (κ1) is 9.46. The van der Waals surface area contributed by atoms with E-state index in [4.69, 9.17) is 5.73 Å². The molecule has 14 heavy (non-hydrogen) atoms. The summed E-state index contributed by atoms with van der Waals surface area (Å²) in [6, 6.07) is 4.17. The second kappa shape index (κ2) is 3.96. The normalized spacial score (nSPS) is 19.8. The Morgan fingerprint density at radius 1 is 1.43 bits per heavy atom. The molecular formula is C11H17N3. The van der Waals surface area contributed by atoms with Gasteiger partial charge in [0, 0.05) is 6.20 Å². The van der Waals surface area contributed by atoms with Crippen LogP contribution in [0.5, 0.6) is 0 Å². The zero-order valence-electron chi connectivity index (χ0n) is 8.61. The summed E-state index contributed by atoms with van der Waals surface area (Å²) >= 11 is 0. The van der Waals surface area contributed by atoms with Crippen molar-refractivity contribution < 1.29 is 0 Å². The van der Waals surface area contributed by atoms with Gasteiger partial charge in [-0.1, -0.05) is 0 Å². The molecule has 1 fully saturated rings. The summed E-state index contributed by atoms with van der Waals surface area (Å²) in [5.41, 5.74) is 7.73. The minimum Gasteiger partial charge on any atom is -0.397 e. The van der Waals surface area contributed by atoms with Crippen LogP contribution in [0, 0.1) is 0 Å². The van der Waals surface area contributed by atoms with E-state index in [1.165, 1.54) is 25.9 Å². The number of nitrogen functional groups attached to an aromatic ring is 1. The van der Waals surface area contributed by atoms with Crippen molar-refractivity contribution in [2.45, 2.75) is 25.8 Å². The fraction of sp³-hybridized carbons (Fsp3) is 0.545. The Morgan fingerprint density at radius 3 is 2.79 bits per heavy atom. The van der Waals surface area contributed by atoms with Gasteiger partial charge in [-0.15, -0.1) is 0 Å². The molecule has 76 valence electrons. The molecule has 0 saturated carbocycles. The monoisotopic (exact) mass is 191 g/mol. The fourth-order valence-corrected chi connectivity index (χ4v) is 2.08. The average molecular weight is 191 g/mol. The van der Waals surface area contributed by atoms with Crippen LogP contribution in [0.1, 0.15) is 31.5 Å². The molecule has 1 atom stereocenters. The molecule has 0 aromatic carbocycles. The largest absolute Gasteiger partial charge is 0.397 e. The molecule has 0 radical (unpaired) electrons. The van der Waals surface area contributed by atoms with Gasteiger partial charge < -0.3 is 5.73 Å². The lowest BCUT2D eigenvalue weighted by Crippen LogP contribution is -2.24. The van der Waals surface area contributed by atoms with E-state index in [0.29, 0.717) is 6.04 Å². The Kier molecular flexibility index (Phi) is 2.68. The Hall–Kier alpha value is -1.09. The van der Waals surface area contributed by atoms with Crippen LogP contribution in [0.15, 0.2) is 18.3 Å². The molecule has 0 aliphatic carbocycles. The maximum absolute atomic E-state index is 5.90. The molecule has 0 spiro atoms. The van der Waals surface area contributed by atoms with Gasteiger partial charge >= 0.3 is 0 Å². The molecule has 3 heteroatoms. The summed E-state index contributed by atoms with van der Waals surface area (Å²) in [5.74, 6) is 0. The summed E-state index contributed by atoms with van der Waals surface area (Å²) in [5, 5.41) is 0. The van der Waals surface area contributed by atoms with Crippen LogP contribution in [0.25, 0.3) is 0 Å². The van der Waals surface area contributed by atoms with Gasteiger partial charge in [-0.3, -0.25) is 9.88 Å². The van der Waals surface area contributed by atoms with Crippen molar-refractivity contribution in [2.24, 2.45) is 0 Å². The van der Waals surface area contributed by atoms with E-state index in [2.05, 4.69) is 16.8 Å². The van der Waals surface area contributed by atoms with Crippen LogP contribution >= 0.6 is 0 Å². The third-order valence-corrected chi connectivity index (χ3v) is 2.96. The standard InChI is InChI=1S/C11H17N3/c1-9(14-7-2-3-8-14)11-10(12)5-4-6-13-11/h4-6,9H,2-3,7-8,12H2,1H3. The quantitative estimate of drug-likeness (QED) is 0.775. The lowest BCUT2D eigenvalue weighted by Gasteiger charge is -2.23. The number of aromatic nitrogens is 1. The molecular weight excluding hydrogens is 174 g/mol. The van der Waals surface area contributed by atoms with Gasteiger partial charge in [0.1, 0.15) is 0 Å². The van der Waals surface area contributed by atoms with Gasteiger partial charge in [0.05, 0.1) is 17.4 Å². The number of pyridine rings is 1. The van der Waals surface area contributed by atoms with E-state index in [-0.39, 0.29) is 0 Å². The predicted molar refractivity (Wildman–Crippen MR) is 57.9 cm³/mol. The second-order valence-corrected chi connectivity index (χ2v) is 3.90. The van der Waals surface area contributed by atoms with Crippen molar-refractivity contribution in [2.75, 3.05) is 18.8 Å². The van der Waals surface area contributed by atoms with Crippen molar-refractivity contribution in [1.82, 2.24) is 9.88 Å². The van der Waals surface area contributed by atoms with Gasteiger partial charge in [-0.05, 0) is 45.0 Å². The van der Waals surface area contributed by atoms with Crippen molar-refractivity contribution in [1.29, 1.82) is 0 Å². The van der Waals surface area contributed by atoms with Gasteiger partial charge in [-0.25, -0.2) is 0 Å². The summed E-state index contributed by atoms with van der Waals surface area (Å²) in [6.45, 7) is 4.54. The van der Waals surface area contributed by atoms with E-state index in [0.717, 1.165) is 11.4 Å². The van der Waals surface area contributed by atoms with E-state index in [9.17, 15) is 0 Å². The number of hydrogen-bond acceptors (Lipinski definition) is 3. The van der Waals surface area contributed by atoms with Crippen molar-refractivity contribution >= 4 is 5.69 Å². The number of likely N-dealkylation sites (tertiary alicyclic amines) is 1. The molecule has 1 aliphatic heterocycles. The lowest BCUT2D eigenvalue weighted by molar-refractivity contribution is 0.259. The van der Waals surface area contributed by atoms with Crippen molar-refractivity contribution in [3.05, 3.63) is 24.0 Å². The maximum atomic E-state index is 5.90. The minimum atomic E-state index is 0.360. The first-order chi connectivity index (χ1) is 6.79. The van der Waals surface area contributed by atoms with Gasteiger partial charge in [0.2, 0.25) is 0 Å². The highest BCUT2D eigenvalue weighted by atomic mass is 15.2. The maximum Gasteiger partial charge on any atom is 0.0801 e. The summed E-state index contributed by atoms with van der Waals surface area (Å²) in [4.78, 5) is 6.80. The molecule has 1 aromatic rings. The highest BCUT2D eigenvalue weighted by molar-refractivity contribution is 5.43. The number of nitrogens with two attached hydrogens (primary N) is 1. The number of rotatable bonds is 2. The van der Waals surface area contributed by atoms with Crippen LogP contribution in [0.3, 0.4) is 0 Å². The highest BCUT2D eigenvalue weighted by Gasteiger charge is 2.21. The average Bonchev–Trinajstić information content (AvgIpc) is 2.70. The number of hydrogen-bond donors (Lipinski definition) is 1. The summed E-state index contributed by atoms with van der Waals surface area (Å²) in [7, 11) is 0. The Balaban J connectivity index is 2.17. The van der Waals surface area contributed by atoms with Gasteiger partial charge in [0.15, 0.2) is 0 Å². The zero-order valence-corrected chi connectivity index (χ0v) is 8.61. The third-order valence-electron chi connectivity index (χ3n) is 2.96. The van der Waals surface area contributed by atoms with Crippen LogP contribution in [0.4, 0.5) is 5.69 Å².